The Morgan fingerprint density at radius 2 is 1.93 bits per heavy atom. The molecule has 10 heteroatoms. The van der Waals surface area contributed by atoms with Crippen molar-refractivity contribution < 1.29 is 24.2 Å². The van der Waals surface area contributed by atoms with Gasteiger partial charge in [0.1, 0.15) is 4.91 Å². The third-order valence-electron chi connectivity index (χ3n) is 3.47. The quantitative estimate of drug-likeness (QED) is 0.410. The lowest BCUT2D eigenvalue weighted by Gasteiger charge is -2.07. The first-order valence-corrected chi connectivity index (χ1v) is 9.23. The molecule has 1 aromatic heterocycles. The molecule has 0 spiro atoms. The second-order valence-corrected chi connectivity index (χ2v) is 7.19. The fourth-order valence-electron chi connectivity index (χ4n) is 2.17. The molecule has 7 nitrogen and oxygen atoms in total. The lowest BCUT2D eigenvalue weighted by Crippen LogP contribution is -1.97. The van der Waals surface area contributed by atoms with E-state index in [0.717, 1.165) is 11.8 Å². The highest BCUT2D eigenvalue weighted by Crippen LogP contribution is 2.37. The van der Waals surface area contributed by atoms with Crippen molar-refractivity contribution in [1.82, 2.24) is 10.2 Å². The van der Waals surface area contributed by atoms with E-state index in [1.165, 1.54) is 25.3 Å². The van der Waals surface area contributed by atoms with Crippen LogP contribution in [0.4, 0.5) is 0 Å². The van der Waals surface area contributed by atoms with E-state index >= 15 is 0 Å². The molecule has 144 valence electrons. The van der Waals surface area contributed by atoms with Crippen LogP contribution in [0.25, 0.3) is 17.5 Å². The van der Waals surface area contributed by atoms with Gasteiger partial charge in [-0.15, -0.1) is 10.2 Å². The van der Waals surface area contributed by atoms with Gasteiger partial charge < -0.3 is 19.4 Å². The maximum absolute atomic E-state index is 11.6. The Balaban J connectivity index is 1.88. The predicted octanol–water partition coefficient (Wildman–Crippen LogP) is 4.98. The van der Waals surface area contributed by atoms with Crippen LogP contribution in [-0.4, -0.2) is 33.5 Å². The molecule has 2 N–H and O–H groups in total. The Labute approximate surface area is 173 Å². The normalized spacial score (nSPS) is 11.5. The SMILES string of the molecule is COc1cc(/C=C(\Sc2nnc(-c3ccc(Cl)cc3)o2)C(=O)O)cc(Cl)c1O. The third-order valence-corrected chi connectivity index (χ3v) is 4.87. The van der Waals surface area contributed by atoms with E-state index in [4.69, 9.17) is 32.4 Å². The molecule has 0 atom stereocenters. The third kappa shape index (κ3) is 4.59. The summed E-state index contributed by atoms with van der Waals surface area (Å²) in [6.45, 7) is 0. The average Bonchev–Trinajstić information content (AvgIpc) is 3.13. The van der Waals surface area contributed by atoms with E-state index in [9.17, 15) is 15.0 Å². The molecule has 0 aliphatic rings. The minimum atomic E-state index is -1.19. The summed E-state index contributed by atoms with van der Waals surface area (Å²) >= 11 is 12.6. The molecule has 0 unspecified atom stereocenters. The molecule has 0 fully saturated rings. The van der Waals surface area contributed by atoms with E-state index in [1.807, 2.05) is 0 Å². The molecule has 1 heterocycles. The molecule has 0 saturated heterocycles. The van der Waals surface area contributed by atoms with E-state index in [0.29, 0.717) is 16.1 Å². The number of phenols is 1. The summed E-state index contributed by atoms with van der Waals surface area (Å²) in [5.41, 5.74) is 1.07. The van der Waals surface area contributed by atoms with Crippen molar-refractivity contribution >= 4 is 47.0 Å². The molecule has 0 radical (unpaired) electrons. The number of aromatic hydroxyl groups is 1. The number of aliphatic carboxylic acids is 1. The molecule has 3 rings (SSSR count). The Kier molecular flexibility index (Phi) is 6.13. The van der Waals surface area contributed by atoms with Crippen LogP contribution in [0.15, 0.2) is 50.9 Å². The summed E-state index contributed by atoms with van der Waals surface area (Å²) in [5, 5.41) is 27.7. The van der Waals surface area contributed by atoms with Gasteiger partial charge in [-0.2, -0.15) is 0 Å². The maximum atomic E-state index is 11.6. The Morgan fingerprint density at radius 3 is 2.57 bits per heavy atom. The molecule has 0 saturated carbocycles. The van der Waals surface area contributed by atoms with Gasteiger partial charge in [0.2, 0.25) is 5.89 Å². The number of halogens is 2. The van der Waals surface area contributed by atoms with Crippen LogP contribution in [0.3, 0.4) is 0 Å². The number of thioether (sulfide) groups is 1. The van der Waals surface area contributed by atoms with Gasteiger partial charge in [-0.3, -0.25) is 0 Å². The average molecular weight is 439 g/mol. The molecule has 0 aliphatic heterocycles. The van der Waals surface area contributed by atoms with Gasteiger partial charge in [0.25, 0.3) is 5.22 Å². The Hall–Kier alpha value is -2.68. The number of methoxy groups -OCH3 is 1. The van der Waals surface area contributed by atoms with E-state index in [1.54, 1.807) is 24.3 Å². The molecule has 2 aromatic carbocycles. The van der Waals surface area contributed by atoms with Crippen molar-refractivity contribution in [3.8, 4) is 23.0 Å². The van der Waals surface area contributed by atoms with Crippen molar-refractivity contribution in [1.29, 1.82) is 0 Å². The summed E-state index contributed by atoms with van der Waals surface area (Å²) in [6, 6.07) is 9.65. The summed E-state index contributed by atoms with van der Waals surface area (Å²) < 4.78 is 10.5. The maximum Gasteiger partial charge on any atom is 0.342 e. The van der Waals surface area contributed by atoms with Gasteiger partial charge >= 0.3 is 5.97 Å². The minimum absolute atomic E-state index is 0.0307. The largest absolute Gasteiger partial charge is 0.503 e. The lowest BCUT2D eigenvalue weighted by atomic mass is 10.2. The number of nitrogens with zero attached hydrogens (tertiary/aromatic N) is 2. The van der Waals surface area contributed by atoms with Gasteiger partial charge in [0.15, 0.2) is 11.5 Å². The predicted molar refractivity (Wildman–Crippen MR) is 106 cm³/mol. The number of ether oxygens (including phenoxy) is 1. The van der Waals surface area contributed by atoms with Gasteiger partial charge in [0.05, 0.1) is 12.1 Å². The van der Waals surface area contributed by atoms with Crippen molar-refractivity contribution in [2.24, 2.45) is 0 Å². The highest BCUT2D eigenvalue weighted by molar-refractivity contribution is 8.03. The number of hydrogen-bond acceptors (Lipinski definition) is 7. The number of carbonyl (C=O) groups is 1. The zero-order valence-electron chi connectivity index (χ0n) is 14.2. The van der Waals surface area contributed by atoms with Crippen LogP contribution in [0.1, 0.15) is 5.56 Å². The highest BCUT2D eigenvalue weighted by Gasteiger charge is 2.17. The molecular weight excluding hydrogens is 427 g/mol. The van der Waals surface area contributed by atoms with Crippen molar-refractivity contribution in [3.63, 3.8) is 0 Å². The van der Waals surface area contributed by atoms with Gasteiger partial charge in [0, 0.05) is 10.6 Å². The number of phenolic OH excluding ortho intramolecular Hbond substituents is 1. The van der Waals surface area contributed by atoms with Crippen LogP contribution < -0.4 is 4.74 Å². The van der Waals surface area contributed by atoms with Crippen molar-refractivity contribution in [2.45, 2.75) is 5.22 Å². The smallest absolute Gasteiger partial charge is 0.342 e. The summed E-state index contributed by atoms with van der Waals surface area (Å²) in [4.78, 5) is 11.5. The number of rotatable bonds is 6. The number of aromatic nitrogens is 2. The van der Waals surface area contributed by atoms with Crippen LogP contribution in [0.2, 0.25) is 10.0 Å². The highest BCUT2D eigenvalue weighted by atomic mass is 35.5. The number of hydrogen-bond donors (Lipinski definition) is 2. The minimum Gasteiger partial charge on any atom is -0.503 e. The van der Waals surface area contributed by atoms with Gasteiger partial charge in [-0.25, -0.2) is 4.79 Å². The fourth-order valence-corrected chi connectivity index (χ4v) is 3.19. The first-order chi connectivity index (χ1) is 13.4. The second kappa shape index (κ2) is 8.55. The zero-order valence-corrected chi connectivity index (χ0v) is 16.5. The summed E-state index contributed by atoms with van der Waals surface area (Å²) in [5.74, 6) is -1.07. The molecular formula is C18H12Cl2N2O5S. The molecule has 28 heavy (non-hydrogen) atoms. The van der Waals surface area contributed by atoms with Crippen molar-refractivity contribution in [3.05, 3.63) is 56.9 Å². The molecule has 3 aromatic rings. The fraction of sp³-hybridized carbons (Fsp3) is 0.0556. The molecule has 0 bridgehead atoms. The summed E-state index contributed by atoms with van der Waals surface area (Å²) in [6.07, 6.45) is 1.35. The van der Waals surface area contributed by atoms with E-state index < -0.39 is 5.97 Å². The number of carboxylic acid groups (broad SMARTS) is 1. The van der Waals surface area contributed by atoms with Crippen molar-refractivity contribution in [2.75, 3.05) is 7.11 Å². The van der Waals surface area contributed by atoms with E-state index in [-0.39, 0.29) is 32.5 Å². The first-order valence-electron chi connectivity index (χ1n) is 7.66. The summed E-state index contributed by atoms with van der Waals surface area (Å²) in [7, 11) is 1.36. The second-order valence-electron chi connectivity index (χ2n) is 5.35. The Bertz CT molecular complexity index is 1050. The number of carboxylic acids is 1. The first kappa shape index (κ1) is 20.1. The van der Waals surface area contributed by atoms with Crippen LogP contribution in [0, 0.1) is 0 Å². The van der Waals surface area contributed by atoms with Gasteiger partial charge in [-0.1, -0.05) is 23.2 Å². The monoisotopic (exact) mass is 438 g/mol. The topological polar surface area (TPSA) is 106 Å². The van der Waals surface area contributed by atoms with Crippen LogP contribution >= 0.6 is 35.0 Å². The standard InChI is InChI=1S/C18H12Cl2N2O5S/c1-26-13-7-9(6-12(20)15(13)23)8-14(17(24)25)28-18-22-21-16(27-18)10-2-4-11(19)5-3-10/h2-8,23H,1H3,(H,24,25)/b14-8-. The number of benzene rings is 2. The lowest BCUT2D eigenvalue weighted by molar-refractivity contribution is -0.131. The molecule has 0 amide bonds. The van der Waals surface area contributed by atoms with Crippen LogP contribution in [-0.2, 0) is 4.79 Å². The van der Waals surface area contributed by atoms with Gasteiger partial charge in [-0.05, 0) is 59.8 Å². The Morgan fingerprint density at radius 1 is 1.21 bits per heavy atom. The van der Waals surface area contributed by atoms with Crippen LogP contribution in [0.5, 0.6) is 11.5 Å². The van der Waals surface area contributed by atoms with E-state index in [2.05, 4.69) is 10.2 Å². The zero-order chi connectivity index (χ0) is 20.3. The molecule has 0 aliphatic carbocycles.